The minimum absolute atomic E-state index is 0.343. The van der Waals surface area contributed by atoms with E-state index in [1.54, 1.807) is 0 Å². The highest BCUT2D eigenvalue weighted by atomic mass is 35.6. The van der Waals surface area contributed by atoms with Gasteiger partial charge in [-0.25, -0.2) is 0 Å². The molecule has 1 aromatic carbocycles. The number of rotatable bonds is 3. The molecule has 2 saturated heterocycles. The number of fused-ring (bicyclic) bond motifs is 2. The van der Waals surface area contributed by atoms with Gasteiger partial charge in [-0.2, -0.15) is 0 Å². The van der Waals surface area contributed by atoms with Crippen LogP contribution in [0.4, 0.5) is 0 Å². The maximum absolute atomic E-state index is 6.13. The molecule has 3 rings (SSSR count). The van der Waals surface area contributed by atoms with Crippen LogP contribution < -0.4 is 0 Å². The van der Waals surface area contributed by atoms with E-state index in [1.807, 2.05) is 6.07 Å². The predicted molar refractivity (Wildman–Crippen MR) is 91.4 cm³/mol. The average molecular weight is 347 g/mol. The standard InChI is InChI=1S/C17H22Cl3N/c1-21-14-7-8-15(21)10-13(9-14)16(11-17(18,19)20)12-5-3-2-4-6-12/h2-6,13-16H,7-11H2,1H3. The molecule has 1 aromatic rings. The Morgan fingerprint density at radius 3 is 2.19 bits per heavy atom. The lowest BCUT2D eigenvalue weighted by atomic mass is 9.76. The first-order chi connectivity index (χ1) is 9.94. The van der Waals surface area contributed by atoms with E-state index in [9.17, 15) is 0 Å². The van der Waals surface area contributed by atoms with Gasteiger partial charge in [-0.1, -0.05) is 65.1 Å². The van der Waals surface area contributed by atoms with Crippen LogP contribution in [0.2, 0.25) is 0 Å². The highest BCUT2D eigenvalue weighted by molar-refractivity contribution is 6.67. The number of nitrogens with zero attached hydrogens (tertiary/aromatic N) is 1. The maximum Gasteiger partial charge on any atom is 0.191 e. The Bertz CT molecular complexity index is 457. The van der Waals surface area contributed by atoms with Crippen LogP contribution in [0.3, 0.4) is 0 Å². The molecule has 2 aliphatic heterocycles. The summed E-state index contributed by atoms with van der Waals surface area (Å²) in [6.45, 7) is 0. The Morgan fingerprint density at radius 2 is 1.67 bits per heavy atom. The molecule has 2 aliphatic rings. The highest BCUT2D eigenvalue weighted by Crippen LogP contribution is 2.48. The van der Waals surface area contributed by atoms with Crippen molar-refractivity contribution in [2.75, 3.05) is 7.05 Å². The van der Waals surface area contributed by atoms with Crippen molar-refractivity contribution < 1.29 is 0 Å². The smallest absolute Gasteiger partial charge is 0.191 e. The summed E-state index contributed by atoms with van der Waals surface area (Å²) in [6, 6.07) is 12.0. The number of benzene rings is 1. The number of hydrogen-bond acceptors (Lipinski definition) is 1. The zero-order chi connectivity index (χ0) is 15.0. The van der Waals surface area contributed by atoms with Gasteiger partial charge in [0.25, 0.3) is 0 Å². The first-order valence-corrected chi connectivity index (χ1v) is 8.91. The van der Waals surface area contributed by atoms with E-state index in [0.29, 0.717) is 18.3 Å². The number of halogens is 3. The van der Waals surface area contributed by atoms with Crippen molar-refractivity contribution in [3.63, 3.8) is 0 Å². The van der Waals surface area contributed by atoms with E-state index >= 15 is 0 Å². The normalized spacial score (nSPS) is 31.3. The van der Waals surface area contributed by atoms with Crippen LogP contribution >= 0.6 is 34.8 Å². The summed E-state index contributed by atoms with van der Waals surface area (Å²) >= 11 is 18.4. The van der Waals surface area contributed by atoms with Gasteiger partial charge in [0.2, 0.25) is 0 Å². The van der Waals surface area contributed by atoms with Crippen molar-refractivity contribution in [2.24, 2.45) is 5.92 Å². The Labute approximate surface area is 142 Å². The van der Waals surface area contributed by atoms with Gasteiger partial charge in [-0.05, 0) is 50.1 Å². The number of alkyl halides is 3. The first-order valence-electron chi connectivity index (χ1n) is 7.77. The van der Waals surface area contributed by atoms with Crippen molar-refractivity contribution in [3.8, 4) is 0 Å². The first kappa shape index (κ1) is 15.9. The molecule has 0 aromatic heterocycles. The summed E-state index contributed by atoms with van der Waals surface area (Å²) < 4.78 is -1.18. The molecule has 3 atom stereocenters. The van der Waals surface area contributed by atoms with E-state index in [1.165, 1.54) is 31.2 Å². The average Bonchev–Trinajstić information content (AvgIpc) is 2.66. The lowest BCUT2D eigenvalue weighted by molar-refractivity contribution is 0.118. The molecule has 1 nitrogen and oxygen atoms in total. The maximum atomic E-state index is 6.13. The summed E-state index contributed by atoms with van der Waals surface area (Å²) in [7, 11) is 2.27. The third-order valence-corrected chi connectivity index (χ3v) is 5.85. The second-order valence-electron chi connectivity index (χ2n) is 6.62. The quantitative estimate of drug-likeness (QED) is 0.662. The molecule has 2 heterocycles. The lowest BCUT2D eigenvalue weighted by Crippen LogP contribution is -2.41. The van der Waals surface area contributed by atoms with Gasteiger partial charge in [0.1, 0.15) is 0 Å². The molecule has 4 heteroatoms. The van der Waals surface area contributed by atoms with Gasteiger partial charge in [0.15, 0.2) is 3.79 Å². The van der Waals surface area contributed by atoms with Crippen LogP contribution in [0.1, 0.15) is 43.6 Å². The van der Waals surface area contributed by atoms with Gasteiger partial charge in [0.05, 0.1) is 0 Å². The fraction of sp³-hybridized carbons (Fsp3) is 0.647. The summed E-state index contributed by atoms with van der Waals surface area (Å²) in [5.74, 6) is 0.965. The van der Waals surface area contributed by atoms with E-state index in [0.717, 1.165) is 12.1 Å². The number of hydrogen-bond donors (Lipinski definition) is 0. The van der Waals surface area contributed by atoms with Crippen LogP contribution in [-0.4, -0.2) is 27.8 Å². The molecule has 0 N–H and O–H groups in total. The van der Waals surface area contributed by atoms with Crippen LogP contribution in [0.15, 0.2) is 30.3 Å². The minimum atomic E-state index is -1.18. The van der Waals surface area contributed by atoms with Gasteiger partial charge >= 0.3 is 0 Å². The second-order valence-corrected chi connectivity index (χ2v) is 9.13. The molecule has 2 fully saturated rings. The zero-order valence-corrected chi connectivity index (χ0v) is 14.6. The van der Waals surface area contributed by atoms with E-state index in [4.69, 9.17) is 34.8 Å². The topological polar surface area (TPSA) is 3.24 Å². The third-order valence-electron chi connectivity index (χ3n) is 5.38. The fourth-order valence-electron chi connectivity index (χ4n) is 4.29. The molecule has 0 aliphatic carbocycles. The second kappa shape index (κ2) is 6.28. The zero-order valence-electron chi connectivity index (χ0n) is 12.3. The SMILES string of the molecule is CN1C2CCC1CC(C(CC(Cl)(Cl)Cl)c1ccccc1)C2. The lowest BCUT2D eigenvalue weighted by Gasteiger charge is -2.40. The van der Waals surface area contributed by atoms with Crippen LogP contribution in [0.5, 0.6) is 0 Å². The van der Waals surface area contributed by atoms with Crippen LogP contribution in [-0.2, 0) is 0 Å². The fourth-order valence-corrected chi connectivity index (χ4v) is 4.79. The predicted octanol–water partition coefficient (Wildman–Crippen LogP) is 5.40. The minimum Gasteiger partial charge on any atom is -0.300 e. The van der Waals surface area contributed by atoms with Crippen LogP contribution in [0.25, 0.3) is 0 Å². The monoisotopic (exact) mass is 345 g/mol. The largest absolute Gasteiger partial charge is 0.300 e. The van der Waals surface area contributed by atoms with E-state index in [-0.39, 0.29) is 0 Å². The van der Waals surface area contributed by atoms with Crippen LogP contribution in [0, 0.1) is 5.92 Å². The highest BCUT2D eigenvalue weighted by Gasteiger charge is 2.42. The summed E-state index contributed by atoms with van der Waals surface area (Å²) in [5, 5.41) is 0. The van der Waals surface area contributed by atoms with Gasteiger partial charge in [-0.15, -0.1) is 0 Å². The molecule has 0 saturated carbocycles. The van der Waals surface area contributed by atoms with E-state index < -0.39 is 3.79 Å². The van der Waals surface area contributed by atoms with Gasteiger partial charge in [0, 0.05) is 18.5 Å². The van der Waals surface area contributed by atoms with Crippen molar-refractivity contribution in [1.82, 2.24) is 4.90 Å². The molecule has 0 radical (unpaired) electrons. The summed E-state index contributed by atoms with van der Waals surface area (Å²) in [6.07, 6.45) is 5.72. The molecule has 0 amide bonds. The Morgan fingerprint density at radius 1 is 1.10 bits per heavy atom. The Balaban J connectivity index is 1.83. The van der Waals surface area contributed by atoms with Crippen molar-refractivity contribution >= 4 is 34.8 Å². The molecule has 116 valence electrons. The Kier molecular flexibility index (Phi) is 4.76. The summed E-state index contributed by atoms with van der Waals surface area (Å²) in [4.78, 5) is 2.56. The third kappa shape index (κ3) is 3.69. The molecule has 2 bridgehead atoms. The molecule has 21 heavy (non-hydrogen) atoms. The summed E-state index contributed by atoms with van der Waals surface area (Å²) in [5.41, 5.74) is 1.32. The van der Waals surface area contributed by atoms with Gasteiger partial charge in [-0.3, -0.25) is 0 Å². The van der Waals surface area contributed by atoms with Crippen molar-refractivity contribution in [2.45, 2.75) is 53.9 Å². The Hall–Kier alpha value is 0.0500. The van der Waals surface area contributed by atoms with E-state index in [2.05, 4.69) is 36.2 Å². The molecular formula is C17H22Cl3N. The van der Waals surface area contributed by atoms with Crippen molar-refractivity contribution in [1.29, 1.82) is 0 Å². The molecule has 3 unspecified atom stereocenters. The molecular weight excluding hydrogens is 325 g/mol. The molecule has 0 spiro atoms. The number of piperidine rings is 1. The van der Waals surface area contributed by atoms with Gasteiger partial charge < -0.3 is 4.90 Å². The van der Waals surface area contributed by atoms with Crippen molar-refractivity contribution in [3.05, 3.63) is 35.9 Å².